The maximum atomic E-state index is 11.1. The summed E-state index contributed by atoms with van der Waals surface area (Å²) >= 11 is 0. The van der Waals surface area contributed by atoms with Crippen LogP contribution in [0.3, 0.4) is 0 Å². The van der Waals surface area contributed by atoms with E-state index >= 15 is 0 Å². The van der Waals surface area contributed by atoms with Crippen molar-refractivity contribution in [1.82, 2.24) is 0 Å². The van der Waals surface area contributed by atoms with Gasteiger partial charge in [0.25, 0.3) is 0 Å². The van der Waals surface area contributed by atoms with Crippen LogP contribution in [0.1, 0.15) is 26.7 Å². The highest BCUT2D eigenvalue weighted by molar-refractivity contribution is 7.94. The molecule has 0 radical (unpaired) electrons. The third-order valence-corrected chi connectivity index (χ3v) is 2.90. The molecule has 0 aromatic carbocycles. The van der Waals surface area contributed by atoms with Crippen LogP contribution in [-0.2, 0) is 9.84 Å². The van der Waals surface area contributed by atoms with Crippen molar-refractivity contribution >= 4 is 9.84 Å². The van der Waals surface area contributed by atoms with E-state index in [0.717, 1.165) is 12.8 Å². The minimum absolute atomic E-state index is 0.360. The first-order chi connectivity index (χ1) is 6.52. The summed E-state index contributed by atoms with van der Waals surface area (Å²) in [4.78, 5) is 0.360. The van der Waals surface area contributed by atoms with Gasteiger partial charge in [-0.25, -0.2) is 8.42 Å². The molecule has 0 saturated heterocycles. The zero-order valence-corrected chi connectivity index (χ0v) is 9.84. The molecule has 0 heterocycles. The minimum Gasteiger partial charge on any atom is -0.224 e. The van der Waals surface area contributed by atoms with Crippen LogP contribution in [0, 0.1) is 0 Å². The summed E-state index contributed by atoms with van der Waals surface area (Å²) in [5.74, 6) is 0. The van der Waals surface area contributed by atoms with Crippen LogP contribution in [0.4, 0.5) is 0 Å². The molecule has 0 aliphatic heterocycles. The average molecular weight is 214 g/mol. The number of sulfone groups is 1. The van der Waals surface area contributed by atoms with E-state index in [4.69, 9.17) is 0 Å². The molecule has 0 rings (SSSR count). The molecular weight excluding hydrogens is 196 g/mol. The molecule has 0 amide bonds. The summed E-state index contributed by atoms with van der Waals surface area (Å²) in [6, 6.07) is 0. The van der Waals surface area contributed by atoms with Crippen LogP contribution in [-0.4, -0.2) is 14.7 Å². The van der Waals surface area contributed by atoms with Crippen LogP contribution < -0.4 is 0 Å². The van der Waals surface area contributed by atoms with Crippen LogP contribution in [0.2, 0.25) is 0 Å². The molecule has 14 heavy (non-hydrogen) atoms. The summed E-state index contributed by atoms with van der Waals surface area (Å²) in [6.45, 7) is 3.82. The van der Waals surface area contributed by atoms with Gasteiger partial charge in [0, 0.05) is 6.26 Å². The lowest BCUT2D eigenvalue weighted by Crippen LogP contribution is -1.97. The lowest BCUT2D eigenvalue weighted by molar-refractivity contribution is 0.608. The first kappa shape index (κ1) is 13.2. The van der Waals surface area contributed by atoms with E-state index < -0.39 is 9.84 Å². The molecule has 2 nitrogen and oxygen atoms in total. The van der Waals surface area contributed by atoms with Gasteiger partial charge in [-0.05, 0) is 19.4 Å². The Morgan fingerprint density at radius 3 is 2.36 bits per heavy atom. The van der Waals surface area contributed by atoms with Gasteiger partial charge in [0.2, 0.25) is 0 Å². The van der Waals surface area contributed by atoms with E-state index in [9.17, 15) is 8.42 Å². The SMILES string of the molecule is C\C=C(/C=C\C=C\CCC)S(C)(=O)=O. The normalized spacial score (nSPS) is 14.4. The molecule has 0 unspecified atom stereocenters. The van der Waals surface area contributed by atoms with E-state index in [0.29, 0.717) is 4.91 Å². The lowest BCUT2D eigenvalue weighted by Gasteiger charge is -1.95. The lowest BCUT2D eigenvalue weighted by atomic mass is 10.3. The van der Waals surface area contributed by atoms with E-state index in [-0.39, 0.29) is 0 Å². The first-order valence-electron chi connectivity index (χ1n) is 4.72. The van der Waals surface area contributed by atoms with Gasteiger partial charge in [-0.15, -0.1) is 0 Å². The number of allylic oxidation sites excluding steroid dienone is 5. The Morgan fingerprint density at radius 1 is 1.29 bits per heavy atom. The Bertz CT molecular complexity index is 332. The summed E-state index contributed by atoms with van der Waals surface area (Å²) < 4.78 is 22.3. The van der Waals surface area contributed by atoms with Gasteiger partial charge >= 0.3 is 0 Å². The van der Waals surface area contributed by atoms with Crippen LogP contribution in [0.25, 0.3) is 0 Å². The fourth-order valence-electron chi connectivity index (χ4n) is 0.926. The van der Waals surface area contributed by atoms with Crippen molar-refractivity contribution in [2.45, 2.75) is 26.7 Å². The number of hydrogen-bond donors (Lipinski definition) is 0. The zero-order valence-electron chi connectivity index (χ0n) is 9.03. The van der Waals surface area contributed by atoms with Crippen molar-refractivity contribution in [2.24, 2.45) is 0 Å². The topological polar surface area (TPSA) is 34.1 Å². The Labute approximate surface area is 86.9 Å². The monoisotopic (exact) mass is 214 g/mol. The molecule has 80 valence electrons. The number of unbranched alkanes of at least 4 members (excludes halogenated alkanes) is 1. The second kappa shape index (κ2) is 6.60. The largest absolute Gasteiger partial charge is 0.224 e. The molecule has 3 heteroatoms. The third kappa shape index (κ3) is 5.75. The van der Waals surface area contributed by atoms with Crippen LogP contribution in [0.15, 0.2) is 35.3 Å². The fraction of sp³-hybridized carbons (Fsp3) is 0.455. The van der Waals surface area contributed by atoms with Gasteiger partial charge in [-0.3, -0.25) is 0 Å². The first-order valence-corrected chi connectivity index (χ1v) is 6.61. The van der Waals surface area contributed by atoms with Crippen LogP contribution in [0.5, 0.6) is 0 Å². The van der Waals surface area contributed by atoms with Crippen molar-refractivity contribution in [3.05, 3.63) is 35.3 Å². The Morgan fingerprint density at radius 2 is 1.93 bits per heavy atom. The van der Waals surface area contributed by atoms with Gasteiger partial charge in [0.1, 0.15) is 0 Å². The maximum absolute atomic E-state index is 11.1. The van der Waals surface area contributed by atoms with Gasteiger partial charge in [-0.1, -0.05) is 37.6 Å². The van der Waals surface area contributed by atoms with E-state index in [2.05, 4.69) is 6.92 Å². The smallest absolute Gasteiger partial charge is 0.175 e. The molecule has 0 bridgehead atoms. The molecule has 0 aromatic rings. The quantitative estimate of drug-likeness (QED) is 0.659. The standard InChI is InChI=1S/C11H18O2S/c1-4-6-7-8-9-10-11(5-2)14(3,12)13/h5,7-10H,4,6H2,1-3H3/b8-7+,10-9-,11-5+. The predicted octanol–water partition coefficient (Wildman–Crippen LogP) is 2.85. The molecular formula is C11H18O2S. The number of hydrogen-bond acceptors (Lipinski definition) is 2. The van der Waals surface area contributed by atoms with Crippen molar-refractivity contribution in [3.8, 4) is 0 Å². The van der Waals surface area contributed by atoms with E-state index in [1.54, 1.807) is 25.2 Å². The summed E-state index contributed by atoms with van der Waals surface area (Å²) in [7, 11) is -3.07. The van der Waals surface area contributed by atoms with Gasteiger partial charge in [-0.2, -0.15) is 0 Å². The Kier molecular flexibility index (Phi) is 6.21. The highest BCUT2D eigenvalue weighted by Gasteiger charge is 2.04. The highest BCUT2D eigenvalue weighted by atomic mass is 32.2. The zero-order chi connectivity index (χ0) is 11.0. The van der Waals surface area contributed by atoms with Gasteiger partial charge < -0.3 is 0 Å². The Hall–Kier alpha value is -0.830. The maximum Gasteiger partial charge on any atom is 0.175 e. The number of rotatable bonds is 5. The van der Waals surface area contributed by atoms with Gasteiger partial charge in [0.05, 0.1) is 4.91 Å². The molecule has 0 aromatic heterocycles. The summed E-state index contributed by atoms with van der Waals surface area (Å²) in [5.41, 5.74) is 0. The molecule has 0 aliphatic carbocycles. The van der Waals surface area contributed by atoms with E-state index in [1.165, 1.54) is 6.26 Å². The Balaban J connectivity index is 4.37. The van der Waals surface area contributed by atoms with Crippen molar-refractivity contribution in [2.75, 3.05) is 6.26 Å². The summed E-state index contributed by atoms with van der Waals surface area (Å²) in [5, 5.41) is 0. The molecule has 0 atom stereocenters. The second-order valence-electron chi connectivity index (χ2n) is 3.04. The van der Waals surface area contributed by atoms with Crippen LogP contribution >= 0.6 is 0 Å². The summed E-state index contributed by atoms with van der Waals surface area (Å²) in [6.07, 6.45) is 12.2. The third-order valence-electron chi connectivity index (χ3n) is 1.68. The molecule has 0 aliphatic rings. The molecule has 0 spiro atoms. The predicted molar refractivity (Wildman–Crippen MR) is 61.8 cm³/mol. The van der Waals surface area contributed by atoms with Crippen molar-refractivity contribution in [1.29, 1.82) is 0 Å². The highest BCUT2D eigenvalue weighted by Crippen LogP contribution is 2.05. The van der Waals surface area contributed by atoms with Gasteiger partial charge in [0.15, 0.2) is 9.84 Å². The van der Waals surface area contributed by atoms with Crippen molar-refractivity contribution < 1.29 is 8.42 Å². The fourth-order valence-corrected chi connectivity index (χ4v) is 1.68. The van der Waals surface area contributed by atoms with Crippen molar-refractivity contribution in [3.63, 3.8) is 0 Å². The molecule has 0 fully saturated rings. The van der Waals surface area contributed by atoms with E-state index in [1.807, 2.05) is 12.2 Å². The molecule has 0 saturated carbocycles. The minimum atomic E-state index is -3.07. The average Bonchev–Trinajstić information content (AvgIpc) is 2.09. The second-order valence-corrected chi connectivity index (χ2v) is 5.05. The molecule has 0 N–H and O–H groups in total.